The summed E-state index contributed by atoms with van der Waals surface area (Å²) in [5.41, 5.74) is 14.0. The number of rotatable bonds is 3. The lowest BCUT2D eigenvalue weighted by molar-refractivity contribution is 0.601. The van der Waals surface area contributed by atoms with E-state index in [0.717, 1.165) is 5.56 Å². The highest BCUT2D eigenvalue weighted by atomic mass is 32.2. The molecule has 0 saturated heterocycles. The molecule has 0 heterocycles. The molecule has 0 aliphatic heterocycles. The van der Waals surface area contributed by atoms with Crippen LogP contribution < -0.4 is 11.5 Å². The largest absolute Gasteiger partial charge is 0.397 e. The highest BCUT2D eigenvalue weighted by molar-refractivity contribution is 7.90. The molecule has 0 atom stereocenters. The first-order valence-electron chi connectivity index (χ1n) is 5.80. The number of hydrogen-bond donors (Lipinski definition) is 2. The summed E-state index contributed by atoms with van der Waals surface area (Å²) in [6, 6.07) is 12.6. The Bertz CT molecular complexity index is 695. The Morgan fingerprint density at radius 3 is 2.21 bits per heavy atom. The van der Waals surface area contributed by atoms with Crippen LogP contribution >= 0.6 is 0 Å². The van der Waals surface area contributed by atoms with Gasteiger partial charge < -0.3 is 11.5 Å². The van der Waals surface area contributed by atoms with Gasteiger partial charge in [-0.15, -0.1) is 0 Å². The number of nitrogens with two attached hydrogens (primary N) is 2. The van der Waals surface area contributed by atoms with Gasteiger partial charge in [0, 0.05) is 18.2 Å². The van der Waals surface area contributed by atoms with E-state index in [4.69, 9.17) is 11.5 Å². The maximum absolute atomic E-state index is 11.8. The summed E-state index contributed by atoms with van der Waals surface area (Å²) in [5, 5.41) is 0. The standard InChI is InChI=1S/C14H16N2O2S/c1-19(17,18)13-8-7-12(15)14(16)11(13)9-10-5-3-2-4-6-10/h2-8H,9,15-16H2,1H3. The molecule has 0 saturated carbocycles. The van der Waals surface area contributed by atoms with Gasteiger partial charge in [0.1, 0.15) is 0 Å². The van der Waals surface area contributed by atoms with Crippen LogP contribution in [-0.4, -0.2) is 14.7 Å². The molecule has 0 amide bonds. The second-order valence-corrected chi connectivity index (χ2v) is 6.46. The average molecular weight is 276 g/mol. The number of sulfone groups is 1. The molecule has 0 aromatic heterocycles. The van der Waals surface area contributed by atoms with E-state index in [1.807, 2.05) is 30.3 Å². The zero-order chi connectivity index (χ0) is 14.0. The molecule has 2 rings (SSSR count). The van der Waals surface area contributed by atoms with E-state index in [-0.39, 0.29) is 4.90 Å². The van der Waals surface area contributed by atoms with Crippen molar-refractivity contribution in [3.8, 4) is 0 Å². The van der Waals surface area contributed by atoms with E-state index in [0.29, 0.717) is 23.4 Å². The van der Waals surface area contributed by atoms with Crippen molar-refractivity contribution in [1.82, 2.24) is 0 Å². The van der Waals surface area contributed by atoms with Crippen LogP contribution in [0.4, 0.5) is 11.4 Å². The Morgan fingerprint density at radius 1 is 1.00 bits per heavy atom. The molecule has 4 N–H and O–H groups in total. The monoisotopic (exact) mass is 276 g/mol. The van der Waals surface area contributed by atoms with Gasteiger partial charge in [0.05, 0.1) is 16.3 Å². The summed E-state index contributed by atoms with van der Waals surface area (Å²) >= 11 is 0. The Morgan fingerprint density at radius 2 is 1.63 bits per heavy atom. The molecule has 2 aromatic carbocycles. The minimum absolute atomic E-state index is 0.239. The van der Waals surface area contributed by atoms with E-state index in [9.17, 15) is 8.42 Å². The Hall–Kier alpha value is -2.01. The topological polar surface area (TPSA) is 86.2 Å². The second-order valence-electron chi connectivity index (χ2n) is 4.48. The number of benzene rings is 2. The minimum atomic E-state index is -3.33. The van der Waals surface area contributed by atoms with Crippen LogP contribution in [0.5, 0.6) is 0 Å². The summed E-state index contributed by atoms with van der Waals surface area (Å²) in [7, 11) is -3.33. The van der Waals surface area contributed by atoms with Gasteiger partial charge in [0.25, 0.3) is 0 Å². The second kappa shape index (κ2) is 4.93. The molecular weight excluding hydrogens is 260 g/mol. The molecule has 5 heteroatoms. The summed E-state index contributed by atoms with van der Waals surface area (Å²) in [6.07, 6.45) is 1.62. The van der Waals surface area contributed by atoms with Crippen LogP contribution in [0, 0.1) is 0 Å². The van der Waals surface area contributed by atoms with E-state index in [2.05, 4.69) is 0 Å². The molecule has 2 aromatic rings. The zero-order valence-corrected chi connectivity index (χ0v) is 11.4. The van der Waals surface area contributed by atoms with Crippen molar-refractivity contribution in [2.24, 2.45) is 0 Å². The highest BCUT2D eigenvalue weighted by Crippen LogP contribution is 2.29. The zero-order valence-electron chi connectivity index (χ0n) is 10.6. The molecule has 0 bridgehead atoms. The van der Waals surface area contributed by atoms with E-state index in [1.54, 1.807) is 0 Å². The molecule has 0 radical (unpaired) electrons. The van der Waals surface area contributed by atoms with Crippen molar-refractivity contribution >= 4 is 21.2 Å². The lowest BCUT2D eigenvalue weighted by atomic mass is 10.0. The van der Waals surface area contributed by atoms with Crippen LogP contribution in [0.25, 0.3) is 0 Å². The fraction of sp³-hybridized carbons (Fsp3) is 0.143. The SMILES string of the molecule is CS(=O)(=O)c1ccc(N)c(N)c1Cc1ccccc1. The predicted octanol–water partition coefficient (Wildman–Crippen LogP) is 1.85. The maximum atomic E-state index is 11.8. The minimum Gasteiger partial charge on any atom is -0.397 e. The molecule has 0 aliphatic rings. The molecule has 19 heavy (non-hydrogen) atoms. The van der Waals surface area contributed by atoms with E-state index in [1.165, 1.54) is 18.4 Å². The Kier molecular flexibility index (Phi) is 3.48. The number of nitrogen functional groups attached to an aromatic ring is 2. The quantitative estimate of drug-likeness (QED) is 0.838. The summed E-state index contributed by atoms with van der Waals surface area (Å²) in [4.78, 5) is 0.239. The van der Waals surface area contributed by atoms with Gasteiger partial charge in [0.2, 0.25) is 0 Å². The first-order chi connectivity index (χ1) is 8.89. The lowest BCUT2D eigenvalue weighted by Gasteiger charge is -2.13. The third-order valence-electron chi connectivity index (χ3n) is 2.97. The maximum Gasteiger partial charge on any atom is 0.175 e. The van der Waals surface area contributed by atoms with Crippen LogP contribution in [0.2, 0.25) is 0 Å². The van der Waals surface area contributed by atoms with Crippen molar-refractivity contribution in [3.63, 3.8) is 0 Å². The fourth-order valence-corrected chi connectivity index (χ4v) is 2.94. The van der Waals surface area contributed by atoms with E-state index < -0.39 is 9.84 Å². The Balaban J connectivity index is 2.58. The normalized spacial score (nSPS) is 11.4. The van der Waals surface area contributed by atoms with Gasteiger partial charge in [-0.1, -0.05) is 30.3 Å². The van der Waals surface area contributed by atoms with Gasteiger partial charge in [-0.05, 0) is 17.7 Å². The fourth-order valence-electron chi connectivity index (χ4n) is 1.99. The van der Waals surface area contributed by atoms with Crippen molar-refractivity contribution in [2.75, 3.05) is 17.7 Å². The van der Waals surface area contributed by atoms with Crippen LogP contribution in [0.15, 0.2) is 47.4 Å². The first kappa shape index (κ1) is 13.4. The molecule has 100 valence electrons. The number of anilines is 2. The lowest BCUT2D eigenvalue weighted by Crippen LogP contribution is -2.08. The van der Waals surface area contributed by atoms with Crippen LogP contribution in [-0.2, 0) is 16.3 Å². The van der Waals surface area contributed by atoms with Gasteiger partial charge in [-0.25, -0.2) is 8.42 Å². The molecule has 0 aliphatic carbocycles. The average Bonchev–Trinajstić information content (AvgIpc) is 2.35. The number of hydrogen-bond acceptors (Lipinski definition) is 4. The van der Waals surface area contributed by atoms with Crippen molar-refractivity contribution < 1.29 is 8.42 Å². The summed E-state index contributed by atoms with van der Waals surface area (Å²) < 4.78 is 23.6. The molecule has 0 unspecified atom stereocenters. The first-order valence-corrected chi connectivity index (χ1v) is 7.69. The van der Waals surface area contributed by atoms with Gasteiger partial charge in [-0.2, -0.15) is 0 Å². The van der Waals surface area contributed by atoms with Gasteiger partial charge in [-0.3, -0.25) is 0 Å². The molecular formula is C14H16N2O2S. The highest BCUT2D eigenvalue weighted by Gasteiger charge is 2.17. The van der Waals surface area contributed by atoms with Gasteiger partial charge in [0.15, 0.2) is 9.84 Å². The summed E-state index contributed by atoms with van der Waals surface area (Å²) in [6.45, 7) is 0. The predicted molar refractivity (Wildman–Crippen MR) is 77.6 cm³/mol. The van der Waals surface area contributed by atoms with Crippen LogP contribution in [0.1, 0.15) is 11.1 Å². The smallest absolute Gasteiger partial charge is 0.175 e. The van der Waals surface area contributed by atoms with Crippen molar-refractivity contribution in [1.29, 1.82) is 0 Å². The third kappa shape index (κ3) is 2.88. The van der Waals surface area contributed by atoms with Crippen LogP contribution in [0.3, 0.4) is 0 Å². The van der Waals surface area contributed by atoms with Crippen molar-refractivity contribution in [2.45, 2.75) is 11.3 Å². The molecule has 0 spiro atoms. The van der Waals surface area contributed by atoms with Crippen molar-refractivity contribution in [3.05, 3.63) is 53.6 Å². The summed E-state index contributed by atoms with van der Waals surface area (Å²) in [5.74, 6) is 0. The Labute approximate surface area is 113 Å². The molecule has 4 nitrogen and oxygen atoms in total. The molecule has 0 fully saturated rings. The third-order valence-corrected chi connectivity index (χ3v) is 4.15. The van der Waals surface area contributed by atoms with E-state index >= 15 is 0 Å². The van der Waals surface area contributed by atoms with Gasteiger partial charge >= 0.3 is 0 Å².